The van der Waals surface area contributed by atoms with E-state index in [9.17, 15) is 13.2 Å². The molecule has 0 radical (unpaired) electrons. The number of piperazine rings is 1. The van der Waals surface area contributed by atoms with Gasteiger partial charge in [0.1, 0.15) is 0 Å². The van der Waals surface area contributed by atoms with Crippen molar-refractivity contribution in [1.82, 2.24) is 15.1 Å². The average molecular weight is 301 g/mol. The average Bonchev–Trinajstić information content (AvgIpc) is 2.46. The number of nitrogens with zero attached hydrogens (tertiary/aromatic N) is 2. The monoisotopic (exact) mass is 301 g/mol. The van der Waals surface area contributed by atoms with Gasteiger partial charge in [0.05, 0.1) is 0 Å². The van der Waals surface area contributed by atoms with Crippen molar-refractivity contribution in [3.63, 3.8) is 0 Å². The maximum Gasteiger partial charge on any atom is 0.194 e. The van der Waals surface area contributed by atoms with Gasteiger partial charge in [-0.1, -0.05) is 6.07 Å². The van der Waals surface area contributed by atoms with Crippen molar-refractivity contribution in [3.05, 3.63) is 35.1 Å². The van der Waals surface area contributed by atoms with Gasteiger partial charge in [0.2, 0.25) is 0 Å². The summed E-state index contributed by atoms with van der Waals surface area (Å²) in [6.07, 6.45) is 0.638. The predicted molar refractivity (Wildman–Crippen MR) is 76.6 cm³/mol. The van der Waals surface area contributed by atoms with Crippen LogP contribution in [0.25, 0.3) is 0 Å². The molecule has 1 N–H and O–H groups in total. The lowest BCUT2D eigenvalue weighted by molar-refractivity contribution is 0.101. The summed E-state index contributed by atoms with van der Waals surface area (Å²) in [7, 11) is 5.79. The first-order valence-corrected chi connectivity index (χ1v) is 7.13. The Bertz CT molecular complexity index is 495. The zero-order chi connectivity index (χ0) is 15.6. The minimum Gasteiger partial charge on any atom is -0.313 e. The Morgan fingerprint density at radius 3 is 2.57 bits per heavy atom. The topological polar surface area (TPSA) is 18.5 Å². The molecule has 118 valence electrons. The molecule has 0 aromatic heterocycles. The molecule has 6 heteroatoms. The van der Waals surface area contributed by atoms with E-state index in [1.165, 1.54) is 6.07 Å². The van der Waals surface area contributed by atoms with Gasteiger partial charge in [-0.15, -0.1) is 0 Å². The van der Waals surface area contributed by atoms with Gasteiger partial charge in [-0.05, 0) is 33.6 Å². The van der Waals surface area contributed by atoms with Crippen LogP contribution in [0.4, 0.5) is 13.2 Å². The maximum absolute atomic E-state index is 13.9. The number of halogens is 3. The Morgan fingerprint density at radius 2 is 1.90 bits per heavy atom. The second-order valence-corrected chi connectivity index (χ2v) is 5.74. The molecule has 0 spiro atoms. The second-order valence-electron chi connectivity index (χ2n) is 5.74. The van der Waals surface area contributed by atoms with E-state index in [4.69, 9.17) is 0 Å². The quantitative estimate of drug-likeness (QED) is 0.858. The van der Waals surface area contributed by atoms with Crippen LogP contribution in [-0.2, 0) is 0 Å². The lowest BCUT2D eigenvalue weighted by Crippen LogP contribution is -2.51. The van der Waals surface area contributed by atoms with Crippen molar-refractivity contribution in [2.24, 2.45) is 0 Å². The summed E-state index contributed by atoms with van der Waals surface area (Å²) < 4.78 is 40.4. The number of benzene rings is 1. The predicted octanol–water partition coefficient (Wildman–Crippen LogP) is 2.00. The molecule has 1 aromatic carbocycles. The first-order valence-electron chi connectivity index (χ1n) is 7.13. The molecule has 21 heavy (non-hydrogen) atoms. The smallest absolute Gasteiger partial charge is 0.194 e. The van der Waals surface area contributed by atoms with Gasteiger partial charge in [0.15, 0.2) is 17.5 Å². The van der Waals surface area contributed by atoms with Gasteiger partial charge in [-0.2, -0.15) is 0 Å². The highest BCUT2D eigenvalue weighted by atomic mass is 19.2. The molecule has 1 aromatic rings. The standard InChI is InChI=1S/C15H22F3N3/c1-19-13(8-10-9-20(2)6-7-21(10)3)11-4-5-12(16)15(18)14(11)17/h4-5,10,13,19H,6-9H2,1-3H3. The van der Waals surface area contributed by atoms with Gasteiger partial charge in [0.25, 0.3) is 0 Å². The molecular weight excluding hydrogens is 279 g/mol. The molecule has 2 unspecified atom stereocenters. The normalized spacial score (nSPS) is 22.5. The van der Waals surface area contributed by atoms with Gasteiger partial charge in [-0.3, -0.25) is 0 Å². The van der Waals surface area contributed by atoms with Crippen molar-refractivity contribution >= 4 is 0 Å². The first kappa shape index (κ1) is 16.3. The number of likely N-dealkylation sites (N-methyl/N-ethyl adjacent to an activating group) is 2. The molecular formula is C15H22F3N3. The summed E-state index contributed by atoms with van der Waals surface area (Å²) in [5.74, 6) is -3.65. The van der Waals surface area contributed by atoms with Crippen LogP contribution in [0, 0.1) is 17.5 Å². The Labute approximate surface area is 123 Å². The van der Waals surface area contributed by atoms with Gasteiger partial charge in [0, 0.05) is 37.3 Å². The number of hydrogen-bond acceptors (Lipinski definition) is 3. The highest BCUT2D eigenvalue weighted by Crippen LogP contribution is 2.26. The molecule has 2 atom stereocenters. The van der Waals surface area contributed by atoms with E-state index in [1.54, 1.807) is 7.05 Å². The maximum atomic E-state index is 13.9. The molecule has 0 aliphatic carbocycles. The summed E-state index contributed by atoms with van der Waals surface area (Å²) in [4.78, 5) is 4.45. The highest BCUT2D eigenvalue weighted by molar-refractivity contribution is 5.24. The molecule has 1 heterocycles. The van der Waals surface area contributed by atoms with Crippen LogP contribution >= 0.6 is 0 Å². The first-order chi connectivity index (χ1) is 9.93. The number of nitrogens with one attached hydrogen (secondary N) is 1. The molecule has 3 nitrogen and oxygen atoms in total. The lowest BCUT2D eigenvalue weighted by atomic mass is 9.96. The van der Waals surface area contributed by atoms with Crippen LogP contribution in [0.15, 0.2) is 12.1 Å². The van der Waals surface area contributed by atoms with Crippen molar-refractivity contribution in [1.29, 1.82) is 0 Å². The zero-order valence-electron chi connectivity index (χ0n) is 12.7. The van der Waals surface area contributed by atoms with Crippen LogP contribution in [0.5, 0.6) is 0 Å². The third-order valence-corrected chi connectivity index (χ3v) is 4.28. The van der Waals surface area contributed by atoms with Gasteiger partial charge < -0.3 is 15.1 Å². The van der Waals surface area contributed by atoms with Crippen LogP contribution in [0.2, 0.25) is 0 Å². The van der Waals surface area contributed by atoms with Crippen LogP contribution in [0.1, 0.15) is 18.0 Å². The summed E-state index contributed by atoms with van der Waals surface area (Å²) in [6, 6.07) is 2.20. The summed E-state index contributed by atoms with van der Waals surface area (Å²) in [5, 5.41) is 3.01. The van der Waals surface area contributed by atoms with Crippen molar-refractivity contribution in [2.45, 2.75) is 18.5 Å². The Morgan fingerprint density at radius 1 is 1.19 bits per heavy atom. The van der Waals surface area contributed by atoms with E-state index >= 15 is 0 Å². The summed E-state index contributed by atoms with van der Waals surface area (Å²) in [5.41, 5.74) is 0.179. The third-order valence-electron chi connectivity index (χ3n) is 4.28. The van der Waals surface area contributed by atoms with Crippen molar-refractivity contribution in [3.8, 4) is 0 Å². The number of hydrogen-bond donors (Lipinski definition) is 1. The fraction of sp³-hybridized carbons (Fsp3) is 0.600. The molecule has 1 fully saturated rings. The summed E-state index contributed by atoms with van der Waals surface area (Å²) in [6.45, 7) is 2.81. The molecule has 1 aliphatic heterocycles. The van der Waals surface area contributed by atoms with Crippen molar-refractivity contribution in [2.75, 3.05) is 40.8 Å². The molecule has 2 rings (SSSR count). The van der Waals surface area contributed by atoms with E-state index in [2.05, 4.69) is 15.1 Å². The van der Waals surface area contributed by atoms with E-state index < -0.39 is 17.5 Å². The zero-order valence-corrected chi connectivity index (χ0v) is 12.7. The van der Waals surface area contributed by atoms with E-state index in [0.29, 0.717) is 6.42 Å². The Kier molecular flexibility index (Phi) is 5.24. The molecule has 0 amide bonds. The van der Waals surface area contributed by atoms with Crippen LogP contribution < -0.4 is 5.32 Å². The minimum absolute atomic E-state index is 0.179. The number of rotatable bonds is 4. The van der Waals surface area contributed by atoms with Crippen molar-refractivity contribution < 1.29 is 13.2 Å². The Hall–Kier alpha value is -1.11. The van der Waals surface area contributed by atoms with E-state index in [-0.39, 0.29) is 17.6 Å². The molecule has 1 saturated heterocycles. The molecule has 0 saturated carbocycles. The fourth-order valence-electron chi connectivity index (χ4n) is 2.84. The summed E-state index contributed by atoms with van der Waals surface area (Å²) >= 11 is 0. The van der Waals surface area contributed by atoms with Gasteiger partial charge in [-0.25, -0.2) is 13.2 Å². The largest absolute Gasteiger partial charge is 0.313 e. The second kappa shape index (κ2) is 6.77. The van der Waals surface area contributed by atoms with E-state index in [0.717, 1.165) is 25.7 Å². The lowest BCUT2D eigenvalue weighted by Gasteiger charge is -2.39. The Balaban J connectivity index is 2.18. The molecule has 1 aliphatic rings. The van der Waals surface area contributed by atoms with Gasteiger partial charge >= 0.3 is 0 Å². The SMILES string of the molecule is CNC(CC1CN(C)CCN1C)c1ccc(F)c(F)c1F. The van der Waals surface area contributed by atoms with E-state index in [1.807, 2.05) is 14.1 Å². The highest BCUT2D eigenvalue weighted by Gasteiger charge is 2.27. The van der Waals surface area contributed by atoms with Crippen LogP contribution in [0.3, 0.4) is 0 Å². The third kappa shape index (κ3) is 3.56. The fourth-order valence-corrected chi connectivity index (χ4v) is 2.84. The van der Waals surface area contributed by atoms with Crippen LogP contribution in [-0.4, -0.2) is 56.6 Å². The molecule has 0 bridgehead atoms. The minimum atomic E-state index is -1.40.